The Hall–Kier alpha value is -2.42. The van der Waals surface area contributed by atoms with Gasteiger partial charge in [-0.2, -0.15) is 4.98 Å². The topological polar surface area (TPSA) is 89.0 Å². The molecule has 1 saturated heterocycles. The Kier molecular flexibility index (Phi) is 8.15. The minimum atomic E-state index is -1.09. The van der Waals surface area contributed by atoms with E-state index in [1.54, 1.807) is 17.2 Å². The molecule has 1 fully saturated rings. The van der Waals surface area contributed by atoms with Crippen LogP contribution in [0.25, 0.3) is 0 Å². The van der Waals surface area contributed by atoms with E-state index in [2.05, 4.69) is 29.1 Å². The van der Waals surface area contributed by atoms with Gasteiger partial charge in [-0.15, -0.1) is 0 Å². The van der Waals surface area contributed by atoms with Crippen molar-refractivity contribution in [2.24, 2.45) is 5.92 Å². The van der Waals surface area contributed by atoms with Crippen molar-refractivity contribution in [1.82, 2.24) is 9.97 Å². The highest BCUT2D eigenvalue weighted by Crippen LogP contribution is 2.29. The number of hydrogen-bond donors (Lipinski definition) is 2. The third-order valence-corrected chi connectivity index (χ3v) is 5.29. The molecule has 1 unspecified atom stereocenters. The number of rotatable bonds is 9. The number of aliphatic hydroxyl groups excluding tert-OH is 1. The Labute approximate surface area is 197 Å². The highest BCUT2D eigenvalue weighted by molar-refractivity contribution is 5.46. The van der Waals surface area contributed by atoms with E-state index in [4.69, 9.17) is 14.2 Å². The Morgan fingerprint density at radius 3 is 2.67 bits per heavy atom. The second-order valence-corrected chi connectivity index (χ2v) is 9.95. The predicted octanol–water partition coefficient (Wildman–Crippen LogP) is 4.37. The van der Waals surface area contributed by atoms with Gasteiger partial charge in [0.25, 0.3) is 0 Å². The Bertz CT molecular complexity index is 902. The molecule has 1 aliphatic rings. The smallest absolute Gasteiger partial charge is 0.239 e. The first kappa shape index (κ1) is 25.2. The quantitative estimate of drug-likeness (QED) is 0.573. The standard InChI is InChI=1S/C25H38N4O4/c1-16(2)14-31-20-10-8-9-19(13-20)17(3)27-23-26-12-11-22(28-23)29-21(15-32-24(29)30)18(4)33-25(5,6)7/h8-13,16-18,21,24,30H,14-15H2,1-7H3,(H,26,27,28)/t17-,18+,21+,24?/m0/s1. The molecule has 1 aromatic carbocycles. The van der Waals surface area contributed by atoms with Crippen molar-refractivity contribution in [2.75, 3.05) is 23.4 Å². The van der Waals surface area contributed by atoms with Crippen LogP contribution in [-0.4, -0.2) is 52.4 Å². The molecular weight excluding hydrogens is 420 g/mol. The number of aromatic nitrogens is 2. The van der Waals surface area contributed by atoms with E-state index in [1.807, 2.05) is 58.9 Å². The first-order valence-corrected chi connectivity index (χ1v) is 11.6. The summed E-state index contributed by atoms with van der Waals surface area (Å²) in [6.45, 7) is 15.3. The van der Waals surface area contributed by atoms with E-state index in [0.717, 1.165) is 11.3 Å². The molecule has 2 aromatic rings. The molecule has 0 saturated carbocycles. The van der Waals surface area contributed by atoms with Gasteiger partial charge in [-0.05, 0) is 64.3 Å². The summed E-state index contributed by atoms with van der Waals surface area (Å²) in [5, 5.41) is 13.8. The van der Waals surface area contributed by atoms with E-state index in [0.29, 0.717) is 30.9 Å². The van der Waals surface area contributed by atoms with E-state index < -0.39 is 6.41 Å². The van der Waals surface area contributed by atoms with E-state index in [1.165, 1.54) is 0 Å². The molecule has 33 heavy (non-hydrogen) atoms. The summed E-state index contributed by atoms with van der Waals surface area (Å²) in [6, 6.07) is 9.58. The highest BCUT2D eigenvalue weighted by atomic mass is 16.6. The lowest BCUT2D eigenvalue weighted by atomic mass is 10.1. The lowest BCUT2D eigenvalue weighted by Crippen LogP contribution is -2.46. The van der Waals surface area contributed by atoms with Crippen LogP contribution in [0.5, 0.6) is 5.75 Å². The zero-order valence-electron chi connectivity index (χ0n) is 20.8. The van der Waals surface area contributed by atoms with E-state index >= 15 is 0 Å². The van der Waals surface area contributed by atoms with Gasteiger partial charge in [0.05, 0.1) is 37.0 Å². The molecule has 0 radical (unpaired) electrons. The van der Waals surface area contributed by atoms with Crippen LogP contribution in [0.15, 0.2) is 36.5 Å². The molecule has 2 N–H and O–H groups in total. The second kappa shape index (κ2) is 10.7. The van der Waals surface area contributed by atoms with E-state index in [9.17, 15) is 5.11 Å². The van der Waals surface area contributed by atoms with Gasteiger partial charge in [0, 0.05) is 6.20 Å². The summed E-state index contributed by atoms with van der Waals surface area (Å²) in [5.74, 6) is 2.35. The van der Waals surface area contributed by atoms with Crippen molar-refractivity contribution in [3.63, 3.8) is 0 Å². The molecule has 4 atom stereocenters. The average molecular weight is 459 g/mol. The van der Waals surface area contributed by atoms with E-state index in [-0.39, 0.29) is 23.8 Å². The molecule has 8 nitrogen and oxygen atoms in total. The van der Waals surface area contributed by atoms with Gasteiger partial charge < -0.3 is 24.6 Å². The minimum absolute atomic E-state index is 0.0402. The van der Waals surface area contributed by atoms with Gasteiger partial charge in [-0.1, -0.05) is 26.0 Å². The van der Waals surface area contributed by atoms with Gasteiger partial charge in [-0.3, -0.25) is 4.90 Å². The summed E-state index contributed by atoms with van der Waals surface area (Å²) < 4.78 is 17.5. The number of hydrogen-bond acceptors (Lipinski definition) is 8. The number of benzene rings is 1. The Morgan fingerprint density at radius 1 is 1.21 bits per heavy atom. The second-order valence-electron chi connectivity index (χ2n) is 9.95. The predicted molar refractivity (Wildman–Crippen MR) is 129 cm³/mol. The third kappa shape index (κ3) is 7.03. The number of nitrogens with one attached hydrogen (secondary N) is 1. The van der Waals surface area contributed by atoms with Crippen LogP contribution >= 0.6 is 0 Å². The molecule has 8 heteroatoms. The highest BCUT2D eigenvalue weighted by Gasteiger charge is 2.39. The molecule has 0 amide bonds. The van der Waals surface area contributed by atoms with Gasteiger partial charge in [0.1, 0.15) is 11.6 Å². The van der Waals surface area contributed by atoms with Crippen LogP contribution < -0.4 is 15.0 Å². The zero-order valence-corrected chi connectivity index (χ0v) is 20.8. The number of anilines is 2. The summed E-state index contributed by atoms with van der Waals surface area (Å²) in [6.07, 6.45) is 0.425. The maximum Gasteiger partial charge on any atom is 0.239 e. The average Bonchev–Trinajstić information content (AvgIpc) is 3.13. The number of aliphatic hydroxyl groups is 1. The van der Waals surface area contributed by atoms with Crippen LogP contribution in [0.1, 0.15) is 60.1 Å². The van der Waals surface area contributed by atoms with Crippen molar-refractivity contribution >= 4 is 11.8 Å². The van der Waals surface area contributed by atoms with Crippen LogP contribution in [0.2, 0.25) is 0 Å². The fourth-order valence-electron chi connectivity index (χ4n) is 3.77. The lowest BCUT2D eigenvalue weighted by Gasteiger charge is -2.34. The molecule has 0 bridgehead atoms. The van der Waals surface area contributed by atoms with Gasteiger partial charge >= 0.3 is 0 Å². The molecule has 182 valence electrons. The molecule has 1 aliphatic heterocycles. The summed E-state index contributed by atoms with van der Waals surface area (Å²) in [5.41, 5.74) is 0.764. The van der Waals surface area contributed by atoms with Gasteiger partial charge in [0.2, 0.25) is 12.4 Å². The first-order valence-electron chi connectivity index (χ1n) is 11.6. The number of ether oxygens (including phenoxy) is 3. The van der Waals surface area contributed by atoms with Crippen molar-refractivity contribution < 1.29 is 19.3 Å². The molecular formula is C25H38N4O4. The van der Waals surface area contributed by atoms with Crippen LogP contribution in [0.4, 0.5) is 11.8 Å². The first-order chi connectivity index (χ1) is 15.5. The lowest BCUT2D eigenvalue weighted by molar-refractivity contribution is -0.0656. The van der Waals surface area contributed by atoms with Crippen molar-refractivity contribution in [3.05, 3.63) is 42.1 Å². The third-order valence-electron chi connectivity index (χ3n) is 5.29. The fraction of sp³-hybridized carbons (Fsp3) is 0.600. The van der Waals surface area contributed by atoms with Crippen molar-refractivity contribution in [1.29, 1.82) is 0 Å². The summed E-state index contributed by atoms with van der Waals surface area (Å²) in [4.78, 5) is 10.8. The van der Waals surface area contributed by atoms with Crippen molar-refractivity contribution in [3.8, 4) is 5.75 Å². The molecule has 1 aromatic heterocycles. The Morgan fingerprint density at radius 2 is 1.97 bits per heavy atom. The molecule has 3 rings (SSSR count). The van der Waals surface area contributed by atoms with Crippen LogP contribution in [0, 0.1) is 5.92 Å². The summed E-state index contributed by atoms with van der Waals surface area (Å²) in [7, 11) is 0. The van der Waals surface area contributed by atoms with Gasteiger partial charge in [0.15, 0.2) is 0 Å². The normalized spacial score (nSPS) is 20.7. The molecule has 0 aliphatic carbocycles. The van der Waals surface area contributed by atoms with Crippen molar-refractivity contribution in [2.45, 2.75) is 78.7 Å². The maximum absolute atomic E-state index is 10.5. The summed E-state index contributed by atoms with van der Waals surface area (Å²) >= 11 is 0. The SMILES string of the molecule is CC(C)COc1cccc([C@H](C)Nc2nccc(N3C(O)OC[C@@H]3[C@@H](C)OC(C)(C)C)n2)c1. The van der Waals surface area contributed by atoms with Gasteiger partial charge in [-0.25, -0.2) is 4.98 Å². The molecule has 2 heterocycles. The fourth-order valence-corrected chi connectivity index (χ4v) is 3.77. The number of nitrogens with zero attached hydrogens (tertiary/aromatic N) is 3. The van der Waals surface area contributed by atoms with Crippen LogP contribution in [-0.2, 0) is 9.47 Å². The monoisotopic (exact) mass is 458 g/mol. The Balaban J connectivity index is 1.73. The molecule has 0 spiro atoms. The minimum Gasteiger partial charge on any atom is -0.493 e. The largest absolute Gasteiger partial charge is 0.493 e. The van der Waals surface area contributed by atoms with Crippen LogP contribution in [0.3, 0.4) is 0 Å². The zero-order chi connectivity index (χ0) is 24.2. The maximum atomic E-state index is 10.5.